The zero-order valence-corrected chi connectivity index (χ0v) is 11.9. The van der Waals surface area contributed by atoms with Gasteiger partial charge in [0.25, 0.3) is 0 Å². The molecule has 0 amide bonds. The van der Waals surface area contributed by atoms with E-state index in [-0.39, 0.29) is 5.41 Å². The SMILES string of the molecule is CC.COc1cc(C2(C=O)CC2)cc(C)c1OC. The number of hydrogen-bond donors (Lipinski definition) is 0. The molecule has 0 bridgehead atoms. The summed E-state index contributed by atoms with van der Waals surface area (Å²) >= 11 is 0. The van der Waals surface area contributed by atoms with E-state index in [1.54, 1.807) is 14.2 Å². The molecular formula is C15H22O3. The summed E-state index contributed by atoms with van der Waals surface area (Å²) in [5, 5.41) is 0. The summed E-state index contributed by atoms with van der Waals surface area (Å²) in [7, 11) is 3.23. The average molecular weight is 250 g/mol. The van der Waals surface area contributed by atoms with E-state index in [0.29, 0.717) is 5.75 Å². The van der Waals surface area contributed by atoms with Gasteiger partial charge in [-0.2, -0.15) is 0 Å². The van der Waals surface area contributed by atoms with E-state index in [1.165, 1.54) is 0 Å². The van der Waals surface area contributed by atoms with Crippen LogP contribution in [0.25, 0.3) is 0 Å². The van der Waals surface area contributed by atoms with Gasteiger partial charge in [0.15, 0.2) is 11.5 Å². The molecule has 100 valence electrons. The summed E-state index contributed by atoms with van der Waals surface area (Å²) in [5.74, 6) is 1.44. The Morgan fingerprint density at radius 3 is 2.17 bits per heavy atom. The van der Waals surface area contributed by atoms with Gasteiger partial charge in [0.05, 0.1) is 19.6 Å². The monoisotopic (exact) mass is 250 g/mol. The lowest BCUT2D eigenvalue weighted by Crippen LogP contribution is -2.09. The van der Waals surface area contributed by atoms with Crippen molar-refractivity contribution < 1.29 is 14.3 Å². The molecule has 3 nitrogen and oxygen atoms in total. The molecule has 0 spiro atoms. The molecule has 0 atom stereocenters. The Hall–Kier alpha value is -1.51. The van der Waals surface area contributed by atoms with Crippen molar-refractivity contribution in [1.82, 2.24) is 0 Å². The van der Waals surface area contributed by atoms with Gasteiger partial charge < -0.3 is 14.3 Å². The lowest BCUT2D eigenvalue weighted by Gasteiger charge is -2.15. The standard InChI is InChI=1S/C13H16O3.C2H6/c1-9-6-10(13(8-14)4-5-13)7-11(15-2)12(9)16-3;1-2/h6-8H,4-5H2,1-3H3;1-2H3. The van der Waals surface area contributed by atoms with Gasteiger partial charge >= 0.3 is 0 Å². The van der Waals surface area contributed by atoms with Crippen LogP contribution < -0.4 is 9.47 Å². The molecule has 1 saturated carbocycles. The van der Waals surface area contributed by atoms with E-state index >= 15 is 0 Å². The number of carbonyl (C=O) groups is 1. The second kappa shape index (κ2) is 5.89. The van der Waals surface area contributed by atoms with Crippen LogP contribution in [0.2, 0.25) is 0 Å². The summed E-state index contributed by atoms with van der Waals surface area (Å²) < 4.78 is 10.6. The van der Waals surface area contributed by atoms with Crippen LogP contribution in [0.15, 0.2) is 12.1 Å². The zero-order chi connectivity index (χ0) is 13.8. The van der Waals surface area contributed by atoms with Crippen LogP contribution in [0.3, 0.4) is 0 Å². The number of ether oxygens (including phenoxy) is 2. The molecule has 18 heavy (non-hydrogen) atoms. The van der Waals surface area contributed by atoms with Crippen molar-refractivity contribution in [2.24, 2.45) is 0 Å². The number of benzene rings is 1. The molecule has 1 aromatic rings. The van der Waals surface area contributed by atoms with Crippen LogP contribution in [0.4, 0.5) is 0 Å². The van der Waals surface area contributed by atoms with Gasteiger partial charge in [-0.25, -0.2) is 0 Å². The predicted octanol–water partition coefficient (Wildman–Crippen LogP) is 3.27. The third-order valence-corrected chi connectivity index (χ3v) is 3.25. The Balaban J connectivity index is 0.000000771. The van der Waals surface area contributed by atoms with E-state index in [1.807, 2.05) is 32.9 Å². The number of rotatable bonds is 4. The fourth-order valence-electron chi connectivity index (χ4n) is 2.05. The van der Waals surface area contributed by atoms with Crippen LogP contribution in [-0.4, -0.2) is 20.5 Å². The summed E-state index contributed by atoms with van der Waals surface area (Å²) in [4.78, 5) is 11.1. The van der Waals surface area contributed by atoms with Gasteiger partial charge in [-0.15, -0.1) is 0 Å². The molecule has 0 radical (unpaired) electrons. The first-order valence-corrected chi connectivity index (χ1v) is 6.36. The van der Waals surface area contributed by atoms with Gasteiger partial charge in [-0.3, -0.25) is 0 Å². The predicted molar refractivity (Wildman–Crippen MR) is 72.6 cm³/mol. The minimum atomic E-state index is -0.260. The van der Waals surface area contributed by atoms with Crippen molar-refractivity contribution in [2.75, 3.05) is 14.2 Å². The Morgan fingerprint density at radius 2 is 1.78 bits per heavy atom. The van der Waals surface area contributed by atoms with Crippen molar-refractivity contribution >= 4 is 6.29 Å². The highest BCUT2D eigenvalue weighted by molar-refractivity contribution is 5.74. The molecule has 3 heteroatoms. The number of hydrogen-bond acceptors (Lipinski definition) is 3. The molecule has 0 saturated heterocycles. The van der Waals surface area contributed by atoms with E-state index in [9.17, 15) is 4.79 Å². The largest absolute Gasteiger partial charge is 0.493 e. The normalized spacial score (nSPS) is 15.2. The van der Waals surface area contributed by atoms with E-state index < -0.39 is 0 Å². The molecule has 1 fully saturated rings. The van der Waals surface area contributed by atoms with Gasteiger partial charge in [-0.1, -0.05) is 19.9 Å². The van der Waals surface area contributed by atoms with Crippen molar-refractivity contribution in [2.45, 2.75) is 39.0 Å². The Kier molecular flexibility index (Phi) is 4.76. The van der Waals surface area contributed by atoms with Crippen molar-refractivity contribution in [3.05, 3.63) is 23.3 Å². The molecule has 0 unspecified atom stereocenters. The molecule has 0 aromatic heterocycles. The highest BCUT2D eigenvalue weighted by atomic mass is 16.5. The van der Waals surface area contributed by atoms with Crippen LogP contribution in [-0.2, 0) is 10.2 Å². The summed E-state index contributed by atoms with van der Waals surface area (Å²) in [6.45, 7) is 5.96. The molecule has 0 heterocycles. The molecule has 0 aliphatic heterocycles. The van der Waals surface area contributed by atoms with Gasteiger partial charge in [0, 0.05) is 0 Å². The van der Waals surface area contributed by atoms with Crippen LogP contribution in [0.1, 0.15) is 37.8 Å². The lowest BCUT2D eigenvalue weighted by atomic mass is 9.95. The first-order chi connectivity index (χ1) is 8.66. The topological polar surface area (TPSA) is 35.5 Å². The third kappa shape index (κ3) is 2.50. The number of carbonyl (C=O) groups excluding carboxylic acids is 1. The van der Waals surface area contributed by atoms with Crippen LogP contribution in [0.5, 0.6) is 11.5 Å². The van der Waals surface area contributed by atoms with Gasteiger partial charge in [0.1, 0.15) is 6.29 Å². The highest BCUT2D eigenvalue weighted by Gasteiger charge is 2.44. The average Bonchev–Trinajstić information content (AvgIpc) is 3.21. The summed E-state index contributed by atoms with van der Waals surface area (Å²) in [6, 6.07) is 3.93. The quantitative estimate of drug-likeness (QED) is 0.769. The minimum Gasteiger partial charge on any atom is -0.493 e. The molecule has 1 aliphatic carbocycles. The zero-order valence-electron chi connectivity index (χ0n) is 11.9. The fourth-order valence-corrected chi connectivity index (χ4v) is 2.05. The van der Waals surface area contributed by atoms with Crippen molar-refractivity contribution in [3.63, 3.8) is 0 Å². The molecule has 2 rings (SSSR count). The molecule has 1 aromatic carbocycles. The molecule has 1 aliphatic rings. The van der Waals surface area contributed by atoms with Crippen molar-refractivity contribution in [1.29, 1.82) is 0 Å². The molecule has 0 N–H and O–H groups in total. The third-order valence-electron chi connectivity index (χ3n) is 3.25. The second-order valence-corrected chi connectivity index (χ2v) is 4.30. The maximum absolute atomic E-state index is 11.1. The number of aldehydes is 1. The second-order valence-electron chi connectivity index (χ2n) is 4.30. The van der Waals surface area contributed by atoms with E-state index in [2.05, 4.69) is 0 Å². The van der Waals surface area contributed by atoms with E-state index in [4.69, 9.17) is 9.47 Å². The smallest absolute Gasteiger partial charge is 0.163 e. The number of aryl methyl sites for hydroxylation is 1. The van der Waals surface area contributed by atoms with Crippen LogP contribution >= 0.6 is 0 Å². The van der Waals surface area contributed by atoms with Gasteiger partial charge in [-0.05, 0) is 37.0 Å². The maximum Gasteiger partial charge on any atom is 0.163 e. The molecular weight excluding hydrogens is 228 g/mol. The highest BCUT2D eigenvalue weighted by Crippen LogP contribution is 2.48. The summed E-state index contributed by atoms with van der Waals surface area (Å²) in [6.07, 6.45) is 2.92. The minimum absolute atomic E-state index is 0.260. The lowest BCUT2D eigenvalue weighted by molar-refractivity contribution is -0.109. The van der Waals surface area contributed by atoms with Crippen molar-refractivity contribution in [3.8, 4) is 11.5 Å². The Morgan fingerprint density at radius 1 is 1.17 bits per heavy atom. The Labute approximate surface area is 109 Å². The maximum atomic E-state index is 11.1. The van der Waals surface area contributed by atoms with Gasteiger partial charge in [0.2, 0.25) is 0 Å². The number of methoxy groups -OCH3 is 2. The summed E-state index contributed by atoms with van der Waals surface area (Å²) in [5.41, 5.74) is 1.78. The first kappa shape index (κ1) is 14.6. The Bertz CT molecular complexity index is 420. The van der Waals surface area contributed by atoms with Crippen LogP contribution in [0, 0.1) is 6.92 Å². The first-order valence-electron chi connectivity index (χ1n) is 6.36. The van der Waals surface area contributed by atoms with E-state index in [0.717, 1.165) is 36.0 Å². The fraction of sp³-hybridized carbons (Fsp3) is 0.533.